The first-order valence-corrected chi connectivity index (χ1v) is 6.90. The molecule has 7 heteroatoms. The molecule has 4 nitrogen and oxygen atoms in total. The first-order valence-electron chi connectivity index (χ1n) is 6.90. The van der Waals surface area contributed by atoms with Crippen molar-refractivity contribution in [3.05, 3.63) is 11.9 Å². The van der Waals surface area contributed by atoms with Crippen LogP contribution < -0.4 is 10.6 Å². The quantitative estimate of drug-likeness (QED) is 0.927. The minimum Gasteiger partial charge on any atom is -0.384 e. The SMILES string of the molecule is CCN(c1cc(N)nc(C(F)(F)F)n1)C1CCCCC1. The van der Waals surface area contributed by atoms with Crippen molar-refractivity contribution in [1.82, 2.24) is 9.97 Å². The molecule has 2 N–H and O–H groups in total. The summed E-state index contributed by atoms with van der Waals surface area (Å²) in [7, 11) is 0. The van der Waals surface area contributed by atoms with Crippen molar-refractivity contribution >= 4 is 11.6 Å². The van der Waals surface area contributed by atoms with Crippen LogP contribution in [0.2, 0.25) is 0 Å². The molecule has 0 radical (unpaired) electrons. The van der Waals surface area contributed by atoms with Gasteiger partial charge in [0.15, 0.2) is 0 Å². The summed E-state index contributed by atoms with van der Waals surface area (Å²) in [5, 5.41) is 0. The van der Waals surface area contributed by atoms with E-state index in [1.807, 2.05) is 11.8 Å². The van der Waals surface area contributed by atoms with E-state index in [0.717, 1.165) is 25.7 Å². The van der Waals surface area contributed by atoms with E-state index in [1.165, 1.54) is 12.5 Å². The Bertz CT molecular complexity index is 455. The van der Waals surface area contributed by atoms with Crippen molar-refractivity contribution in [3.8, 4) is 0 Å². The second kappa shape index (κ2) is 5.85. The van der Waals surface area contributed by atoms with Crippen LogP contribution in [0.1, 0.15) is 44.9 Å². The molecular formula is C13H19F3N4. The molecule has 1 aliphatic rings. The zero-order valence-electron chi connectivity index (χ0n) is 11.5. The van der Waals surface area contributed by atoms with E-state index in [4.69, 9.17) is 5.73 Å². The first kappa shape index (κ1) is 14.9. The molecule has 0 aliphatic heterocycles. The molecule has 1 saturated carbocycles. The van der Waals surface area contributed by atoms with Gasteiger partial charge in [0.25, 0.3) is 0 Å². The normalized spacial score (nSPS) is 17.2. The Morgan fingerprint density at radius 1 is 1.25 bits per heavy atom. The highest BCUT2D eigenvalue weighted by molar-refractivity contribution is 5.48. The molecule has 1 aromatic heterocycles. The number of nitrogens with zero attached hydrogens (tertiary/aromatic N) is 3. The molecule has 1 aromatic rings. The van der Waals surface area contributed by atoms with E-state index in [0.29, 0.717) is 6.54 Å². The zero-order chi connectivity index (χ0) is 14.8. The predicted molar refractivity (Wildman–Crippen MR) is 71.3 cm³/mol. The van der Waals surface area contributed by atoms with Gasteiger partial charge in [0.05, 0.1) is 0 Å². The molecule has 20 heavy (non-hydrogen) atoms. The van der Waals surface area contributed by atoms with E-state index >= 15 is 0 Å². The third kappa shape index (κ3) is 3.32. The lowest BCUT2D eigenvalue weighted by Crippen LogP contribution is -2.37. The number of hydrogen-bond acceptors (Lipinski definition) is 4. The van der Waals surface area contributed by atoms with Crippen LogP contribution in [0.25, 0.3) is 0 Å². The van der Waals surface area contributed by atoms with Crippen LogP contribution in [0.15, 0.2) is 6.07 Å². The van der Waals surface area contributed by atoms with Gasteiger partial charge in [-0.3, -0.25) is 0 Å². The van der Waals surface area contributed by atoms with Crippen molar-refractivity contribution < 1.29 is 13.2 Å². The average Bonchev–Trinajstić information content (AvgIpc) is 2.39. The Labute approximate surface area is 116 Å². The number of nitrogens with two attached hydrogens (primary N) is 1. The molecule has 1 aliphatic carbocycles. The van der Waals surface area contributed by atoms with Gasteiger partial charge in [-0.2, -0.15) is 13.2 Å². The third-order valence-corrected chi connectivity index (χ3v) is 3.64. The van der Waals surface area contributed by atoms with Crippen LogP contribution in [0.3, 0.4) is 0 Å². The summed E-state index contributed by atoms with van der Waals surface area (Å²) in [5.74, 6) is -1.03. The number of rotatable bonds is 3. The fourth-order valence-corrected chi connectivity index (χ4v) is 2.73. The standard InChI is InChI=1S/C13H19F3N4/c1-2-20(9-6-4-3-5-7-9)11-8-10(17)18-12(19-11)13(14,15)16/h8-9H,2-7H2,1H3,(H2,17,18,19). The highest BCUT2D eigenvalue weighted by Gasteiger charge is 2.36. The molecule has 0 amide bonds. The summed E-state index contributed by atoms with van der Waals surface area (Å²) < 4.78 is 38.3. The van der Waals surface area contributed by atoms with Crippen molar-refractivity contribution in [2.75, 3.05) is 17.2 Å². The predicted octanol–water partition coefficient (Wildman–Crippen LogP) is 3.24. The molecule has 0 saturated heterocycles. The van der Waals surface area contributed by atoms with E-state index in [-0.39, 0.29) is 17.7 Å². The fourth-order valence-electron chi connectivity index (χ4n) is 2.73. The summed E-state index contributed by atoms with van der Waals surface area (Å²) in [5.41, 5.74) is 5.50. The van der Waals surface area contributed by atoms with E-state index < -0.39 is 12.0 Å². The highest BCUT2D eigenvalue weighted by Crippen LogP contribution is 2.31. The topological polar surface area (TPSA) is 55.0 Å². The number of anilines is 2. The summed E-state index contributed by atoms with van der Waals surface area (Å²) in [6, 6.07) is 1.66. The molecule has 112 valence electrons. The van der Waals surface area contributed by atoms with E-state index in [1.54, 1.807) is 0 Å². The van der Waals surface area contributed by atoms with Crippen LogP contribution in [-0.2, 0) is 6.18 Å². The lowest BCUT2D eigenvalue weighted by Gasteiger charge is -2.34. The van der Waals surface area contributed by atoms with Gasteiger partial charge in [0.1, 0.15) is 11.6 Å². The Morgan fingerprint density at radius 2 is 1.90 bits per heavy atom. The van der Waals surface area contributed by atoms with Crippen LogP contribution >= 0.6 is 0 Å². The Morgan fingerprint density at radius 3 is 2.45 bits per heavy atom. The van der Waals surface area contributed by atoms with Crippen molar-refractivity contribution in [3.63, 3.8) is 0 Å². The first-order chi connectivity index (χ1) is 9.41. The maximum Gasteiger partial charge on any atom is 0.451 e. The zero-order valence-corrected chi connectivity index (χ0v) is 11.5. The van der Waals surface area contributed by atoms with Crippen molar-refractivity contribution in [1.29, 1.82) is 0 Å². The van der Waals surface area contributed by atoms with Gasteiger partial charge in [0.2, 0.25) is 5.82 Å². The number of aromatic nitrogens is 2. The van der Waals surface area contributed by atoms with Crippen LogP contribution in [0.4, 0.5) is 24.8 Å². The molecule has 2 rings (SSSR count). The number of alkyl halides is 3. The molecule has 0 unspecified atom stereocenters. The maximum atomic E-state index is 12.8. The van der Waals surface area contributed by atoms with Gasteiger partial charge in [-0.1, -0.05) is 19.3 Å². The average molecular weight is 288 g/mol. The van der Waals surface area contributed by atoms with Gasteiger partial charge < -0.3 is 10.6 Å². The van der Waals surface area contributed by atoms with Crippen molar-refractivity contribution in [2.45, 2.75) is 51.2 Å². The minimum absolute atomic E-state index is 0.142. The number of halogens is 3. The number of nitrogen functional groups attached to an aromatic ring is 1. The Kier molecular flexibility index (Phi) is 4.35. The maximum absolute atomic E-state index is 12.8. The van der Waals surface area contributed by atoms with Crippen LogP contribution in [-0.4, -0.2) is 22.6 Å². The molecule has 0 spiro atoms. The van der Waals surface area contributed by atoms with Gasteiger partial charge in [-0.15, -0.1) is 0 Å². The van der Waals surface area contributed by atoms with Crippen molar-refractivity contribution in [2.24, 2.45) is 0 Å². The molecular weight excluding hydrogens is 269 g/mol. The molecule has 0 atom stereocenters. The fraction of sp³-hybridized carbons (Fsp3) is 0.692. The van der Waals surface area contributed by atoms with Gasteiger partial charge in [0, 0.05) is 18.7 Å². The summed E-state index contributed by atoms with van der Waals surface area (Å²) >= 11 is 0. The molecule has 1 heterocycles. The van der Waals surface area contributed by atoms with Gasteiger partial charge >= 0.3 is 6.18 Å². The lowest BCUT2D eigenvalue weighted by molar-refractivity contribution is -0.144. The highest BCUT2D eigenvalue weighted by atomic mass is 19.4. The summed E-state index contributed by atoms with van der Waals surface area (Å²) in [6.07, 6.45) is 0.795. The Balaban J connectivity index is 2.31. The van der Waals surface area contributed by atoms with Gasteiger partial charge in [-0.05, 0) is 19.8 Å². The van der Waals surface area contributed by atoms with E-state index in [2.05, 4.69) is 9.97 Å². The number of hydrogen-bond donors (Lipinski definition) is 1. The Hall–Kier alpha value is -1.53. The third-order valence-electron chi connectivity index (χ3n) is 3.64. The monoisotopic (exact) mass is 288 g/mol. The molecule has 0 aromatic carbocycles. The van der Waals surface area contributed by atoms with Gasteiger partial charge in [-0.25, -0.2) is 9.97 Å². The largest absolute Gasteiger partial charge is 0.451 e. The smallest absolute Gasteiger partial charge is 0.384 e. The van der Waals surface area contributed by atoms with Crippen LogP contribution in [0.5, 0.6) is 0 Å². The van der Waals surface area contributed by atoms with Crippen LogP contribution in [0, 0.1) is 0 Å². The van der Waals surface area contributed by atoms with E-state index in [9.17, 15) is 13.2 Å². The lowest BCUT2D eigenvalue weighted by atomic mass is 9.94. The second-order valence-corrected chi connectivity index (χ2v) is 5.05. The second-order valence-electron chi connectivity index (χ2n) is 5.05. The summed E-state index contributed by atoms with van der Waals surface area (Å²) in [6.45, 7) is 2.53. The molecule has 0 bridgehead atoms. The molecule has 1 fully saturated rings. The summed E-state index contributed by atoms with van der Waals surface area (Å²) in [4.78, 5) is 8.85. The minimum atomic E-state index is -4.57.